The van der Waals surface area contributed by atoms with Gasteiger partial charge in [0.25, 0.3) is 11.1 Å². The molecule has 0 bridgehead atoms. The molecule has 2 aromatic carbocycles. The van der Waals surface area contributed by atoms with Crippen LogP contribution in [0.5, 0.6) is 5.75 Å². The van der Waals surface area contributed by atoms with Crippen molar-refractivity contribution in [2.24, 2.45) is 0 Å². The lowest BCUT2D eigenvalue weighted by Crippen LogP contribution is -2.23. The van der Waals surface area contributed by atoms with Crippen molar-refractivity contribution in [2.45, 2.75) is 26.2 Å². The average molecular weight is 689 g/mol. The summed E-state index contributed by atoms with van der Waals surface area (Å²) in [6.45, 7) is 2.27. The normalized spacial score (nSPS) is 14.4. The van der Waals surface area contributed by atoms with Crippen LogP contribution in [0.1, 0.15) is 0 Å². The summed E-state index contributed by atoms with van der Waals surface area (Å²) in [5, 5.41) is 31.1. The summed E-state index contributed by atoms with van der Waals surface area (Å²) in [4.78, 5) is 44.9. The van der Waals surface area contributed by atoms with Gasteiger partial charge in [0, 0.05) is 35.4 Å². The van der Waals surface area contributed by atoms with Gasteiger partial charge in [-0.15, -0.1) is 0 Å². The Kier molecular flexibility index (Phi) is 9.24. The van der Waals surface area contributed by atoms with Gasteiger partial charge in [-0.05, 0) is 0 Å². The van der Waals surface area contributed by atoms with Crippen LogP contribution in [-0.2, 0) is 35.7 Å². The summed E-state index contributed by atoms with van der Waals surface area (Å²) in [5.41, 5.74) is -3.93. The van der Waals surface area contributed by atoms with E-state index >= 15 is 0 Å². The van der Waals surface area contributed by atoms with Crippen LogP contribution < -0.4 is 11.1 Å². The monoisotopic (exact) mass is 688 g/mol. The van der Waals surface area contributed by atoms with Gasteiger partial charge in [-0.3, -0.25) is 39.2 Å². The SMILES string of the molecule is O=c1c(-c2cc([N+](=O)[O-])c(F)cc2F)c(Cl)n2n1CCOCC2.O=c1c(-c2cc([N+](=O)[O-])c(O)cc2F)c(Cl)n2n1CCOCC2. The van der Waals surface area contributed by atoms with Crippen LogP contribution in [-0.4, -0.2) is 60.1 Å². The van der Waals surface area contributed by atoms with Crippen LogP contribution in [0.2, 0.25) is 10.3 Å². The molecule has 0 radical (unpaired) electrons. The van der Waals surface area contributed by atoms with Crippen molar-refractivity contribution in [3.63, 3.8) is 0 Å². The van der Waals surface area contributed by atoms with Crippen molar-refractivity contribution in [1.82, 2.24) is 18.7 Å². The van der Waals surface area contributed by atoms with Gasteiger partial charge in [0.05, 0.1) is 73.6 Å². The quantitative estimate of drug-likeness (QED) is 0.246. The first-order valence-electron chi connectivity index (χ1n) is 13.3. The fourth-order valence-corrected chi connectivity index (χ4v) is 5.74. The van der Waals surface area contributed by atoms with Crippen LogP contribution in [0, 0.1) is 37.7 Å². The van der Waals surface area contributed by atoms with E-state index in [0.717, 1.165) is 6.07 Å². The van der Waals surface area contributed by atoms with E-state index in [1.807, 2.05) is 0 Å². The molecule has 4 heterocycles. The molecule has 0 atom stereocenters. The second-order valence-corrected chi connectivity index (χ2v) is 10.5. The number of aromatic hydroxyl groups is 1. The van der Waals surface area contributed by atoms with Gasteiger partial charge in [-0.25, -0.2) is 18.1 Å². The molecular weight excluding hydrogens is 668 g/mol. The number of phenols is 1. The van der Waals surface area contributed by atoms with Gasteiger partial charge in [-0.1, -0.05) is 23.2 Å². The summed E-state index contributed by atoms with van der Waals surface area (Å²) < 4.78 is 57.6. The maximum Gasteiger partial charge on any atom is 0.311 e. The summed E-state index contributed by atoms with van der Waals surface area (Å²) in [7, 11) is 0. The Morgan fingerprint density at radius 3 is 1.48 bits per heavy atom. The van der Waals surface area contributed by atoms with Gasteiger partial charge >= 0.3 is 11.4 Å². The molecular formula is C26H21Cl2F3N6O9. The molecule has 0 amide bonds. The van der Waals surface area contributed by atoms with E-state index in [-0.39, 0.29) is 53.2 Å². The third-order valence-corrected chi connectivity index (χ3v) is 7.94. The molecule has 0 spiro atoms. The van der Waals surface area contributed by atoms with E-state index in [1.165, 1.54) is 18.7 Å². The van der Waals surface area contributed by atoms with Gasteiger partial charge in [0.1, 0.15) is 21.9 Å². The van der Waals surface area contributed by atoms with Crippen LogP contribution in [0.4, 0.5) is 24.5 Å². The molecule has 0 saturated carbocycles. The number of hydrogen-bond acceptors (Lipinski definition) is 9. The fourth-order valence-electron chi connectivity index (χ4n) is 5.03. The zero-order valence-corrected chi connectivity index (χ0v) is 24.8. The number of halogens is 5. The maximum absolute atomic E-state index is 14.2. The number of benzene rings is 2. The molecule has 2 aliphatic heterocycles. The zero-order valence-electron chi connectivity index (χ0n) is 23.3. The van der Waals surface area contributed by atoms with Crippen molar-refractivity contribution < 1.29 is 37.6 Å². The highest BCUT2D eigenvalue weighted by Crippen LogP contribution is 2.36. The number of phenolic OH excluding ortho intramolecular Hbond substituents is 1. The first-order chi connectivity index (χ1) is 21.8. The third kappa shape index (κ3) is 5.86. The molecule has 0 aliphatic carbocycles. The number of aromatic nitrogens is 4. The minimum atomic E-state index is -1.32. The van der Waals surface area contributed by atoms with Crippen LogP contribution >= 0.6 is 23.2 Å². The molecule has 46 heavy (non-hydrogen) atoms. The van der Waals surface area contributed by atoms with E-state index < -0.39 is 61.1 Å². The predicted octanol–water partition coefficient (Wildman–Crippen LogP) is 3.94. The molecule has 244 valence electrons. The highest BCUT2D eigenvalue weighted by Gasteiger charge is 2.28. The number of rotatable bonds is 4. The van der Waals surface area contributed by atoms with E-state index in [2.05, 4.69) is 0 Å². The van der Waals surface area contributed by atoms with Gasteiger partial charge in [-0.2, -0.15) is 4.39 Å². The van der Waals surface area contributed by atoms with Crippen LogP contribution in [0.15, 0.2) is 33.9 Å². The lowest BCUT2D eigenvalue weighted by Gasteiger charge is -2.06. The Labute approximate surface area is 264 Å². The molecule has 2 aromatic heterocycles. The molecule has 0 fully saturated rings. The Morgan fingerprint density at radius 1 is 0.652 bits per heavy atom. The van der Waals surface area contributed by atoms with E-state index in [0.29, 0.717) is 44.6 Å². The number of nitrogens with zero attached hydrogens (tertiary/aromatic N) is 6. The van der Waals surface area contributed by atoms with Crippen LogP contribution in [0.3, 0.4) is 0 Å². The largest absolute Gasteiger partial charge is 0.502 e. The predicted molar refractivity (Wildman–Crippen MR) is 155 cm³/mol. The molecule has 6 rings (SSSR count). The number of nitro benzene ring substituents is 2. The summed E-state index contributed by atoms with van der Waals surface area (Å²) in [6.07, 6.45) is 0. The molecule has 20 heteroatoms. The Morgan fingerprint density at radius 2 is 1.04 bits per heavy atom. The number of hydrogen-bond donors (Lipinski definition) is 1. The van der Waals surface area contributed by atoms with Gasteiger partial charge < -0.3 is 14.6 Å². The number of nitro groups is 2. The molecule has 15 nitrogen and oxygen atoms in total. The molecule has 0 saturated heterocycles. The lowest BCUT2D eigenvalue weighted by atomic mass is 10.1. The van der Waals surface area contributed by atoms with Crippen molar-refractivity contribution in [1.29, 1.82) is 0 Å². The molecule has 1 N–H and O–H groups in total. The second-order valence-electron chi connectivity index (χ2n) is 9.78. The summed E-state index contributed by atoms with van der Waals surface area (Å²) in [6, 6.07) is 2.47. The van der Waals surface area contributed by atoms with E-state index in [9.17, 15) is 48.1 Å². The Bertz CT molecular complexity index is 1860. The maximum atomic E-state index is 14.2. The number of fused-ring (bicyclic) bond motifs is 2. The second kappa shape index (κ2) is 13.0. The Balaban J connectivity index is 0.000000181. The highest BCUT2D eigenvalue weighted by atomic mass is 35.5. The summed E-state index contributed by atoms with van der Waals surface area (Å²) in [5.74, 6) is -4.20. The zero-order chi connectivity index (χ0) is 33.4. The fraction of sp³-hybridized carbons (Fsp3) is 0.308. The molecule has 0 unspecified atom stereocenters. The van der Waals surface area contributed by atoms with E-state index in [1.54, 1.807) is 0 Å². The first-order valence-corrected chi connectivity index (χ1v) is 14.0. The minimum Gasteiger partial charge on any atom is -0.502 e. The summed E-state index contributed by atoms with van der Waals surface area (Å²) >= 11 is 12.3. The highest BCUT2D eigenvalue weighted by molar-refractivity contribution is 6.32. The van der Waals surface area contributed by atoms with Crippen molar-refractivity contribution >= 4 is 34.6 Å². The first kappa shape index (κ1) is 32.7. The molecule has 4 aromatic rings. The van der Waals surface area contributed by atoms with Gasteiger partial charge in [0.15, 0.2) is 5.75 Å². The smallest absolute Gasteiger partial charge is 0.311 e. The minimum absolute atomic E-state index is 0.0283. The standard InChI is InChI=1S/C13H10ClF2N3O4.C13H11ClFN3O5/c14-12-11(13(20)18-2-4-23-3-1-17(12)18)7-5-10(19(21)22)9(16)6-8(7)15;14-12-11(13(20)17-2-4-23-3-1-16(12)17)7-5-9(18(21)22)10(19)6-8(7)15/h5-6H,1-4H2;5-6,19H,1-4H2. The van der Waals surface area contributed by atoms with Gasteiger partial charge in [0.2, 0.25) is 5.82 Å². The van der Waals surface area contributed by atoms with E-state index in [4.69, 9.17) is 32.7 Å². The Hall–Kier alpha value is -4.65. The molecule has 2 aliphatic rings. The number of ether oxygens (including phenoxy) is 2. The topological polar surface area (TPSA) is 179 Å². The van der Waals surface area contributed by atoms with Crippen molar-refractivity contribution in [3.8, 4) is 28.0 Å². The van der Waals surface area contributed by atoms with Crippen LogP contribution in [0.25, 0.3) is 22.3 Å². The lowest BCUT2D eigenvalue weighted by molar-refractivity contribution is -0.387. The average Bonchev–Trinajstić information content (AvgIpc) is 3.23. The third-order valence-electron chi connectivity index (χ3n) is 7.17. The van der Waals surface area contributed by atoms with Crippen molar-refractivity contribution in [3.05, 3.63) is 93.0 Å². The van der Waals surface area contributed by atoms with Crippen molar-refractivity contribution in [2.75, 3.05) is 26.4 Å².